The molecule has 0 amide bonds. The van der Waals surface area contributed by atoms with Gasteiger partial charge in [0.25, 0.3) is 0 Å². The van der Waals surface area contributed by atoms with Crippen LogP contribution in [0, 0.1) is 0 Å². The third-order valence-electron chi connectivity index (χ3n) is 3.52. The second kappa shape index (κ2) is 5.12. The van der Waals surface area contributed by atoms with E-state index in [9.17, 15) is 4.79 Å². The predicted molar refractivity (Wildman–Crippen MR) is 76.0 cm³/mol. The predicted octanol–water partition coefficient (Wildman–Crippen LogP) is 2.12. The van der Waals surface area contributed by atoms with Gasteiger partial charge in [0.1, 0.15) is 13.2 Å². The van der Waals surface area contributed by atoms with Crippen LogP contribution in [0.15, 0.2) is 18.2 Å². The normalized spacial score (nSPS) is 13.2. The Bertz CT molecular complexity index is 706. The summed E-state index contributed by atoms with van der Waals surface area (Å²) < 4.78 is 12.8. The van der Waals surface area contributed by atoms with Crippen molar-refractivity contribution < 1.29 is 19.4 Å². The van der Waals surface area contributed by atoms with Crippen molar-refractivity contribution in [2.75, 3.05) is 13.2 Å². The molecule has 0 aliphatic carbocycles. The Hall–Kier alpha value is -2.50. The summed E-state index contributed by atoms with van der Waals surface area (Å²) in [5.74, 6) is 0.390. The number of fused-ring (bicyclic) bond motifs is 1. The summed E-state index contributed by atoms with van der Waals surface area (Å²) in [4.78, 5) is 11.1. The Morgan fingerprint density at radius 2 is 1.95 bits per heavy atom. The van der Waals surface area contributed by atoms with E-state index in [2.05, 4.69) is 5.10 Å². The summed E-state index contributed by atoms with van der Waals surface area (Å²) in [6.45, 7) is 3.11. The quantitative estimate of drug-likeness (QED) is 0.936. The van der Waals surface area contributed by atoms with Gasteiger partial charge in [-0.15, -0.1) is 0 Å². The minimum absolute atomic E-state index is 0.0319. The number of aromatic carboxylic acids is 1. The van der Waals surface area contributed by atoms with Crippen LogP contribution >= 0.6 is 0 Å². The Balaban J connectivity index is 2.15. The lowest BCUT2D eigenvalue weighted by atomic mass is 10.0. The molecule has 110 valence electrons. The minimum Gasteiger partial charge on any atom is -0.486 e. The molecule has 0 bridgehead atoms. The number of hydrogen-bond donors (Lipinski definition) is 1. The van der Waals surface area contributed by atoms with Gasteiger partial charge in [0, 0.05) is 12.6 Å². The molecule has 0 atom stereocenters. The summed E-state index contributed by atoms with van der Waals surface area (Å²) in [6.07, 6.45) is 0.805. The van der Waals surface area contributed by atoms with Crippen molar-refractivity contribution in [2.45, 2.75) is 13.3 Å². The first-order valence-electron chi connectivity index (χ1n) is 6.80. The number of ether oxygens (including phenoxy) is 2. The number of hydrogen-bond acceptors (Lipinski definition) is 4. The summed E-state index contributed by atoms with van der Waals surface area (Å²) in [7, 11) is 1.73. The molecule has 6 heteroatoms. The molecule has 0 saturated carbocycles. The molecule has 0 unspecified atom stereocenters. The van der Waals surface area contributed by atoms with Crippen LogP contribution in [-0.4, -0.2) is 34.1 Å². The highest BCUT2D eigenvalue weighted by molar-refractivity contribution is 5.87. The number of carboxylic acids is 1. The number of carboxylic acid groups (broad SMARTS) is 1. The van der Waals surface area contributed by atoms with Crippen LogP contribution in [0.2, 0.25) is 0 Å². The Kier molecular flexibility index (Phi) is 3.29. The molecule has 1 aliphatic heterocycles. The van der Waals surface area contributed by atoms with Crippen molar-refractivity contribution >= 4 is 5.97 Å². The molecule has 6 nitrogen and oxygen atoms in total. The van der Waals surface area contributed by atoms with E-state index in [0.29, 0.717) is 19.0 Å². The van der Waals surface area contributed by atoms with E-state index in [1.165, 1.54) is 0 Å². The summed E-state index contributed by atoms with van der Waals surface area (Å²) in [5.41, 5.74) is 2.77. The van der Waals surface area contributed by atoms with Gasteiger partial charge >= 0.3 is 5.97 Å². The van der Waals surface area contributed by atoms with Crippen LogP contribution in [0.1, 0.15) is 23.0 Å². The zero-order valence-corrected chi connectivity index (χ0v) is 11.9. The van der Waals surface area contributed by atoms with Gasteiger partial charge < -0.3 is 14.6 Å². The minimum atomic E-state index is -1.03. The Morgan fingerprint density at radius 1 is 1.29 bits per heavy atom. The molecule has 1 N–H and O–H groups in total. The lowest BCUT2D eigenvalue weighted by molar-refractivity contribution is 0.0689. The van der Waals surface area contributed by atoms with E-state index in [4.69, 9.17) is 14.6 Å². The molecule has 0 saturated heterocycles. The fraction of sp³-hybridized carbons (Fsp3) is 0.333. The lowest BCUT2D eigenvalue weighted by Crippen LogP contribution is -2.15. The fourth-order valence-electron chi connectivity index (χ4n) is 2.49. The van der Waals surface area contributed by atoms with Gasteiger partial charge in [-0.3, -0.25) is 4.68 Å². The van der Waals surface area contributed by atoms with Gasteiger partial charge in [0.2, 0.25) is 0 Å². The smallest absolute Gasteiger partial charge is 0.356 e. The summed E-state index contributed by atoms with van der Waals surface area (Å²) >= 11 is 0. The highest BCUT2D eigenvalue weighted by Crippen LogP contribution is 2.37. The summed E-state index contributed by atoms with van der Waals surface area (Å²) in [5, 5.41) is 13.1. The van der Waals surface area contributed by atoms with E-state index in [1.54, 1.807) is 17.8 Å². The number of aryl methyl sites for hydroxylation is 2. The molecule has 1 aromatic heterocycles. The molecule has 2 aromatic rings. The van der Waals surface area contributed by atoms with Crippen LogP contribution in [0.4, 0.5) is 0 Å². The zero-order chi connectivity index (χ0) is 15.0. The molecule has 1 aromatic carbocycles. The molecule has 0 spiro atoms. The second-order valence-electron chi connectivity index (χ2n) is 4.85. The Morgan fingerprint density at radius 3 is 2.52 bits per heavy atom. The molecule has 2 heterocycles. The van der Waals surface area contributed by atoms with Crippen molar-refractivity contribution in [1.29, 1.82) is 0 Å². The van der Waals surface area contributed by atoms with Crippen LogP contribution in [0.5, 0.6) is 11.5 Å². The van der Waals surface area contributed by atoms with Crippen molar-refractivity contribution in [3.8, 4) is 22.8 Å². The maximum absolute atomic E-state index is 11.1. The second-order valence-corrected chi connectivity index (χ2v) is 4.85. The van der Waals surface area contributed by atoms with Crippen LogP contribution in [0.25, 0.3) is 11.3 Å². The molecule has 1 aliphatic rings. The number of benzene rings is 1. The van der Waals surface area contributed by atoms with Crippen molar-refractivity contribution in [3.63, 3.8) is 0 Å². The van der Waals surface area contributed by atoms with Crippen molar-refractivity contribution in [1.82, 2.24) is 9.78 Å². The van der Waals surface area contributed by atoms with Gasteiger partial charge in [-0.25, -0.2) is 4.79 Å². The summed E-state index contributed by atoms with van der Waals surface area (Å²) in [6, 6.07) is 5.43. The van der Waals surface area contributed by atoms with E-state index in [-0.39, 0.29) is 5.69 Å². The van der Waals surface area contributed by atoms with Crippen LogP contribution in [-0.2, 0) is 13.5 Å². The number of nitrogens with zero attached hydrogens (tertiary/aromatic N) is 2. The number of aromatic nitrogens is 2. The largest absolute Gasteiger partial charge is 0.486 e. The van der Waals surface area contributed by atoms with E-state index in [0.717, 1.165) is 29.0 Å². The first kappa shape index (κ1) is 13.5. The topological polar surface area (TPSA) is 73.6 Å². The zero-order valence-electron chi connectivity index (χ0n) is 11.9. The molecule has 3 rings (SSSR count). The maximum Gasteiger partial charge on any atom is 0.356 e. The van der Waals surface area contributed by atoms with E-state index < -0.39 is 5.97 Å². The SMILES string of the molecule is CCc1cc2c(cc1-c1cc(C(=O)O)nn1C)OCCO2. The van der Waals surface area contributed by atoms with Crippen LogP contribution in [0.3, 0.4) is 0 Å². The van der Waals surface area contributed by atoms with Gasteiger partial charge in [0.05, 0.1) is 5.69 Å². The van der Waals surface area contributed by atoms with Crippen LogP contribution < -0.4 is 9.47 Å². The highest BCUT2D eigenvalue weighted by Gasteiger charge is 2.19. The number of rotatable bonds is 3. The van der Waals surface area contributed by atoms with E-state index >= 15 is 0 Å². The molecule has 21 heavy (non-hydrogen) atoms. The average Bonchev–Trinajstić information content (AvgIpc) is 2.88. The highest BCUT2D eigenvalue weighted by atomic mass is 16.6. The fourth-order valence-corrected chi connectivity index (χ4v) is 2.49. The molecule has 0 radical (unpaired) electrons. The number of carbonyl (C=O) groups is 1. The first-order chi connectivity index (χ1) is 10.1. The van der Waals surface area contributed by atoms with Gasteiger partial charge in [0.15, 0.2) is 17.2 Å². The van der Waals surface area contributed by atoms with Crippen molar-refractivity contribution in [3.05, 3.63) is 29.5 Å². The van der Waals surface area contributed by atoms with E-state index in [1.807, 2.05) is 19.1 Å². The standard InChI is InChI=1S/C15H16N2O4/c1-3-9-6-13-14(21-5-4-20-13)7-10(9)12-8-11(15(18)19)16-17(12)2/h6-8H,3-5H2,1-2H3,(H,18,19). The lowest BCUT2D eigenvalue weighted by Gasteiger charge is -2.21. The third-order valence-corrected chi connectivity index (χ3v) is 3.52. The molecular formula is C15H16N2O4. The maximum atomic E-state index is 11.1. The van der Waals surface area contributed by atoms with Crippen molar-refractivity contribution in [2.24, 2.45) is 7.05 Å². The third kappa shape index (κ3) is 2.33. The Labute approximate surface area is 121 Å². The van der Waals surface area contributed by atoms with Gasteiger partial charge in [-0.1, -0.05) is 6.92 Å². The first-order valence-corrected chi connectivity index (χ1v) is 6.80. The molecular weight excluding hydrogens is 272 g/mol. The molecule has 0 fully saturated rings. The van der Waals surface area contributed by atoms with Gasteiger partial charge in [-0.05, 0) is 30.2 Å². The monoisotopic (exact) mass is 288 g/mol. The average molecular weight is 288 g/mol. The van der Waals surface area contributed by atoms with Gasteiger partial charge in [-0.2, -0.15) is 5.10 Å².